The van der Waals surface area contributed by atoms with Gasteiger partial charge < -0.3 is 19.9 Å². The molecule has 1 aliphatic rings. The van der Waals surface area contributed by atoms with Crippen LogP contribution in [0.2, 0.25) is 0 Å². The minimum atomic E-state index is -0.124. The van der Waals surface area contributed by atoms with Crippen molar-refractivity contribution in [2.45, 2.75) is 19.0 Å². The minimum absolute atomic E-state index is 0.122. The highest BCUT2D eigenvalue weighted by molar-refractivity contribution is 7.80. The number of thiocarbonyl (C=S) groups is 1. The van der Waals surface area contributed by atoms with Crippen LogP contribution in [0.3, 0.4) is 0 Å². The van der Waals surface area contributed by atoms with Crippen LogP contribution >= 0.6 is 12.2 Å². The SMILES string of the molecule is Cc1ccc(-n2cccc2[C@H]2[C@@H](c3ccccn3)NC(=S)N2c2ccc(O)cc2)cc1. The van der Waals surface area contributed by atoms with Crippen LogP contribution in [-0.2, 0) is 0 Å². The van der Waals surface area contributed by atoms with E-state index in [4.69, 9.17) is 12.2 Å². The first-order valence-corrected chi connectivity index (χ1v) is 10.6. The van der Waals surface area contributed by atoms with Gasteiger partial charge in [0.25, 0.3) is 0 Å². The van der Waals surface area contributed by atoms with Crippen LogP contribution in [0, 0.1) is 6.92 Å². The third-order valence-corrected chi connectivity index (χ3v) is 5.94. The lowest BCUT2D eigenvalue weighted by molar-refractivity contribution is 0.475. The molecule has 0 radical (unpaired) electrons. The van der Waals surface area contributed by atoms with E-state index in [1.165, 1.54) is 5.56 Å². The minimum Gasteiger partial charge on any atom is -0.508 e. The molecule has 1 aliphatic heterocycles. The standard InChI is InChI=1S/C25H22N4OS/c1-17-7-9-18(10-8-17)28-16-4-6-22(28)24-23(21-5-2-3-15-26-21)27-25(31)29(24)19-11-13-20(30)14-12-19/h2-16,23-24,30H,1H3,(H,27,31)/t23-,24+/m1/s1. The Kier molecular flexibility index (Phi) is 4.92. The number of hydrogen-bond donors (Lipinski definition) is 2. The second-order valence-corrected chi connectivity index (χ2v) is 8.04. The first-order valence-electron chi connectivity index (χ1n) is 10.2. The van der Waals surface area contributed by atoms with Gasteiger partial charge in [-0.2, -0.15) is 0 Å². The number of aryl methyl sites for hydroxylation is 1. The van der Waals surface area contributed by atoms with E-state index < -0.39 is 0 Å². The molecule has 0 aliphatic carbocycles. The summed E-state index contributed by atoms with van der Waals surface area (Å²) in [5, 5.41) is 13.9. The fourth-order valence-electron chi connectivity index (χ4n) is 4.12. The predicted octanol–water partition coefficient (Wildman–Crippen LogP) is 5.06. The highest BCUT2D eigenvalue weighted by Crippen LogP contribution is 2.42. The predicted molar refractivity (Wildman–Crippen MR) is 127 cm³/mol. The molecule has 0 saturated carbocycles. The third kappa shape index (κ3) is 3.55. The zero-order valence-corrected chi connectivity index (χ0v) is 17.8. The average Bonchev–Trinajstić information content (AvgIpc) is 3.40. The molecule has 0 bridgehead atoms. The lowest BCUT2D eigenvalue weighted by Crippen LogP contribution is -2.30. The number of phenolic OH excluding ortho intramolecular Hbond substituents is 1. The summed E-state index contributed by atoms with van der Waals surface area (Å²) >= 11 is 5.78. The maximum atomic E-state index is 9.78. The lowest BCUT2D eigenvalue weighted by atomic mass is 10.0. The van der Waals surface area contributed by atoms with Gasteiger partial charge in [0.15, 0.2) is 5.11 Å². The number of aromatic nitrogens is 2. The number of aromatic hydroxyl groups is 1. The number of nitrogens with zero attached hydrogens (tertiary/aromatic N) is 3. The Hall–Kier alpha value is -3.64. The molecule has 5 nitrogen and oxygen atoms in total. The highest BCUT2D eigenvalue weighted by atomic mass is 32.1. The second kappa shape index (κ2) is 7.89. The summed E-state index contributed by atoms with van der Waals surface area (Å²) in [4.78, 5) is 6.72. The summed E-state index contributed by atoms with van der Waals surface area (Å²) in [6.07, 6.45) is 3.88. The average molecular weight is 427 g/mol. The van der Waals surface area contributed by atoms with E-state index in [0.29, 0.717) is 5.11 Å². The van der Waals surface area contributed by atoms with Gasteiger partial charge in [-0.25, -0.2) is 0 Å². The highest BCUT2D eigenvalue weighted by Gasteiger charge is 2.42. The van der Waals surface area contributed by atoms with E-state index in [0.717, 1.165) is 22.8 Å². The van der Waals surface area contributed by atoms with Gasteiger partial charge in [0.05, 0.1) is 11.7 Å². The van der Waals surface area contributed by atoms with E-state index in [1.807, 2.05) is 30.3 Å². The van der Waals surface area contributed by atoms with Gasteiger partial charge in [-0.15, -0.1) is 0 Å². The Labute approximate surface area is 186 Å². The molecule has 0 amide bonds. The van der Waals surface area contributed by atoms with Crippen molar-refractivity contribution in [3.05, 3.63) is 108 Å². The van der Waals surface area contributed by atoms with Crippen LogP contribution in [0.1, 0.15) is 29.0 Å². The summed E-state index contributed by atoms with van der Waals surface area (Å²) in [6, 6.07) is 25.5. The quantitative estimate of drug-likeness (QED) is 0.447. The van der Waals surface area contributed by atoms with Crippen LogP contribution in [0.15, 0.2) is 91.3 Å². The molecule has 2 aromatic carbocycles. The molecule has 2 aromatic heterocycles. The van der Waals surface area contributed by atoms with Gasteiger partial charge in [0.1, 0.15) is 11.8 Å². The van der Waals surface area contributed by atoms with Gasteiger partial charge in [0.2, 0.25) is 0 Å². The molecule has 2 atom stereocenters. The molecule has 3 heterocycles. The van der Waals surface area contributed by atoms with E-state index >= 15 is 0 Å². The largest absolute Gasteiger partial charge is 0.508 e. The Morgan fingerprint density at radius 1 is 0.903 bits per heavy atom. The molecule has 2 N–H and O–H groups in total. The zero-order valence-electron chi connectivity index (χ0n) is 17.0. The van der Waals surface area contributed by atoms with Gasteiger partial charge in [0, 0.05) is 29.5 Å². The number of anilines is 1. The summed E-state index contributed by atoms with van der Waals surface area (Å²) < 4.78 is 2.20. The van der Waals surface area contributed by atoms with Crippen molar-refractivity contribution in [1.29, 1.82) is 0 Å². The number of pyridine rings is 1. The molecule has 1 fully saturated rings. The Bertz CT molecular complexity index is 1200. The van der Waals surface area contributed by atoms with Crippen LogP contribution < -0.4 is 10.2 Å². The molecule has 4 aromatic rings. The number of hydrogen-bond acceptors (Lipinski definition) is 3. The van der Waals surface area contributed by atoms with Crippen molar-refractivity contribution in [2.75, 3.05) is 4.90 Å². The molecule has 31 heavy (non-hydrogen) atoms. The molecule has 154 valence electrons. The maximum Gasteiger partial charge on any atom is 0.174 e. The first kappa shape index (κ1) is 19.3. The number of rotatable bonds is 4. The van der Waals surface area contributed by atoms with Crippen molar-refractivity contribution >= 4 is 23.0 Å². The Morgan fingerprint density at radius 3 is 2.35 bits per heavy atom. The molecule has 1 saturated heterocycles. The fourth-order valence-corrected chi connectivity index (χ4v) is 4.47. The molecule has 5 rings (SSSR count). The van der Waals surface area contributed by atoms with Crippen molar-refractivity contribution in [1.82, 2.24) is 14.9 Å². The van der Waals surface area contributed by atoms with Crippen molar-refractivity contribution < 1.29 is 5.11 Å². The molecule has 6 heteroatoms. The number of nitrogens with one attached hydrogen (secondary N) is 1. The van der Waals surface area contributed by atoms with Crippen LogP contribution in [0.5, 0.6) is 5.75 Å². The van der Waals surface area contributed by atoms with Crippen molar-refractivity contribution in [2.24, 2.45) is 0 Å². The van der Waals surface area contributed by atoms with Gasteiger partial charge in [-0.3, -0.25) is 4.98 Å². The summed E-state index contributed by atoms with van der Waals surface area (Å²) in [5.74, 6) is 0.225. The van der Waals surface area contributed by atoms with E-state index in [9.17, 15) is 5.11 Å². The van der Waals surface area contributed by atoms with E-state index in [-0.39, 0.29) is 17.8 Å². The van der Waals surface area contributed by atoms with Gasteiger partial charge in [-0.05, 0) is 79.8 Å². The topological polar surface area (TPSA) is 53.3 Å². The van der Waals surface area contributed by atoms with E-state index in [1.54, 1.807) is 18.3 Å². The molecular weight excluding hydrogens is 404 g/mol. The normalized spacial score (nSPS) is 18.2. The lowest BCUT2D eigenvalue weighted by Gasteiger charge is -2.29. The first-order chi connectivity index (χ1) is 15.1. The van der Waals surface area contributed by atoms with Crippen LogP contribution in [0.4, 0.5) is 5.69 Å². The Balaban J connectivity index is 1.66. The summed E-state index contributed by atoms with van der Waals surface area (Å²) in [5.41, 5.74) is 5.25. The maximum absolute atomic E-state index is 9.78. The van der Waals surface area contributed by atoms with Crippen LogP contribution in [-0.4, -0.2) is 19.8 Å². The smallest absolute Gasteiger partial charge is 0.174 e. The summed E-state index contributed by atoms with van der Waals surface area (Å²) in [7, 11) is 0. The van der Waals surface area contributed by atoms with Crippen molar-refractivity contribution in [3.63, 3.8) is 0 Å². The number of benzene rings is 2. The fraction of sp³-hybridized carbons (Fsp3) is 0.120. The summed E-state index contributed by atoms with van der Waals surface area (Å²) in [6.45, 7) is 2.09. The second-order valence-electron chi connectivity index (χ2n) is 7.65. The third-order valence-electron chi connectivity index (χ3n) is 5.62. The van der Waals surface area contributed by atoms with E-state index in [2.05, 4.69) is 69.3 Å². The molecular formula is C25H22N4OS. The van der Waals surface area contributed by atoms with Crippen LogP contribution in [0.25, 0.3) is 5.69 Å². The zero-order chi connectivity index (χ0) is 21.4. The Morgan fingerprint density at radius 2 is 1.65 bits per heavy atom. The van der Waals surface area contributed by atoms with Gasteiger partial charge >= 0.3 is 0 Å². The molecule has 0 unspecified atom stereocenters. The number of phenols is 1. The molecule has 0 spiro atoms. The van der Waals surface area contributed by atoms with Gasteiger partial charge in [-0.1, -0.05) is 23.8 Å². The monoisotopic (exact) mass is 426 g/mol. The van der Waals surface area contributed by atoms with Crippen molar-refractivity contribution in [3.8, 4) is 11.4 Å².